The average Bonchev–Trinajstić information content (AvgIpc) is 2.69. The molecule has 4 nitrogen and oxygen atoms in total. The quantitative estimate of drug-likeness (QED) is 0.650. The topological polar surface area (TPSA) is 39.1 Å². The van der Waals surface area contributed by atoms with Crippen LogP contribution in [0.4, 0.5) is 0 Å². The highest BCUT2D eigenvalue weighted by molar-refractivity contribution is 5.84. The van der Waals surface area contributed by atoms with Crippen molar-refractivity contribution in [2.75, 3.05) is 32.7 Å². The van der Waals surface area contributed by atoms with E-state index in [1.807, 2.05) is 6.21 Å². The lowest BCUT2D eigenvalue weighted by molar-refractivity contribution is 0.117. The highest BCUT2D eigenvalue weighted by Crippen LogP contribution is 2.32. The Morgan fingerprint density at radius 1 is 1.03 bits per heavy atom. The molecule has 1 aliphatic heterocycles. The molecule has 1 aliphatic carbocycles. The van der Waals surface area contributed by atoms with Gasteiger partial charge in [-0.15, -0.1) is 0 Å². The normalized spacial score (nSPS) is 20.5. The van der Waals surface area contributed by atoms with Gasteiger partial charge in [0.25, 0.3) is 0 Å². The zero-order valence-electron chi connectivity index (χ0n) is 20.0. The Hall–Kier alpha value is -1.39. The molecule has 1 heterocycles. The van der Waals surface area contributed by atoms with Crippen LogP contribution in [-0.4, -0.2) is 59.9 Å². The van der Waals surface area contributed by atoms with Gasteiger partial charge in [-0.3, -0.25) is 9.89 Å². The Labute approximate surface area is 184 Å². The van der Waals surface area contributed by atoms with Crippen molar-refractivity contribution < 1.29 is 5.11 Å². The summed E-state index contributed by atoms with van der Waals surface area (Å²) in [6.07, 6.45) is 8.22. The molecule has 1 aromatic carbocycles. The fourth-order valence-corrected chi connectivity index (χ4v) is 4.67. The lowest BCUT2D eigenvalue weighted by Crippen LogP contribution is -2.46. The zero-order chi connectivity index (χ0) is 21.7. The van der Waals surface area contributed by atoms with Crippen molar-refractivity contribution in [1.82, 2.24) is 9.80 Å². The van der Waals surface area contributed by atoms with Gasteiger partial charge in [0, 0.05) is 62.7 Å². The molecule has 1 aromatic rings. The summed E-state index contributed by atoms with van der Waals surface area (Å²) in [7, 11) is 0. The Morgan fingerprint density at radius 3 is 2.27 bits per heavy atom. The number of rotatable bonds is 6. The third-order valence-electron chi connectivity index (χ3n) is 6.57. The fourth-order valence-electron chi connectivity index (χ4n) is 4.67. The summed E-state index contributed by atoms with van der Waals surface area (Å²) >= 11 is 0. The summed E-state index contributed by atoms with van der Waals surface area (Å²) in [6, 6.07) is 4.79. The largest absolute Gasteiger partial charge is 0.507 e. The van der Waals surface area contributed by atoms with Crippen LogP contribution in [0.3, 0.4) is 0 Å². The van der Waals surface area contributed by atoms with Gasteiger partial charge in [0.05, 0.1) is 0 Å². The maximum atomic E-state index is 11.1. The number of phenols is 1. The van der Waals surface area contributed by atoms with Gasteiger partial charge in [0.2, 0.25) is 0 Å². The Bertz CT molecular complexity index is 706. The van der Waals surface area contributed by atoms with E-state index in [1.165, 1.54) is 44.2 Å². The molecule has 168 valence electrons. The predicted molar refractivity (Wildman–Crippen MR) is 128 cm³/mol. The van der Waals surface area contributed by atoms with Crippen molar-refractivity contribution in [2.24, 2.45) is 10.9 Å². The van der Waals surface area contributed by atoms with E-state index in [0.717, 1.165) is 49.8 Å². The van der Waals surface area contributed by atoms with Crippen LogP contribution in [0.5, 0.6) is 5.75 Å². The molecule has 1 saturated carbocycles. The van der Waals surface area contributed by atoms with E-state index >= 15 is 0 Å². The summed E-state index contributed by atoms with van der Waals surface area (Å²) in [5, 5.41) is 11.1. The first kappa shape index (κ1) is 23.3. The van der Waals surface area contributed by atoms with Crippen LogP contribution in [0.1, 0.15) is 83.4 Å². The second-order valence-corrected chi connectivity index (χ2v) is 10.9. The highest BCUT2D eigenvalue weighted by atomic mass is 16.3. The second-order valence-electron chi connectivity index (χ2n) is 10.9. The van der Waals surface area contributed by atoms with Crippen LogP contribution in [0.2, 0.25) is 0 Å². The predicted octanol–water partition coefficient (Wildman–Crippen LogP) is 5.21. The lowest BCUT2D eigenvalue weighted by atomic mass is 9.84. The molecule has 3 rings (SSSR count). The Kier molecular flexibility index (Phi) is 7.98. The van der Waals surface area contributed by atoms with E-state index in [9.17, 15) is 5.11 Å². The molecule has 0 spiro atoms. The third-order valence-corrected chi connectivity index (χ3v) is 6.57. The minimum Gasteiger partial charge on any atom is -0.507 e. The number of piperazine rings is 1. The molecule has 2 fully saturated rings. The molecule has 4 heteroatoms. The maximum Gasteiger partial charge on any atom is 0.128 e. The van der Waals surface area contributed by atoms with Crippen LogP contribution in [0.25, 0.3) is 0 Å². The molecule has 0 atom stereocenters. The second kappa shape index (κ2) is 10.3. The van der Waals surface area contributed by atoms with Crippen molar-refractivity contribution in [3.8, 4) is 5.75 Å². The molecule has 1 saturated heterocycles. The van der Waals surface area contributed by atoms with Crippen molar-refractivity contribution in [3.63, 3.8) is 0 Å². The van der Waals surface area contributed by atoms with Gasteiger partial charge in [0.1, 0.15) is 5.75 Å². The molecular weight excluding hydrogens is 370 g/mol. The summed E-state index contributed by atoms with van der Waals surface area (Å²) < 4.78 is 0. The number of nitrogens with zero attached hydrogens (tertiary/aromatic N) is 3. The highest BCUT2D eigenvalue weighted by Gasteiger charge is 2.22. The van der Waals surface area contributed by atoms with Gasteiger partial charge in [-0.05, 0) is 35.8 Å². The minimum absolute atomic E-state index is 0.0475. The van der Waals surface area contributed by atoms with Crippen molar-refractivity contribution in [2.45, 2.75) is 84.7 Å². The maximum absolute atomic E-state index is 11.1. The monoisotopic (exact) mass is 413 g/mol. The first-order chi connectivity index (χ1) is 14.2. The minimum atomic E-state index is 0.0475. The molecule has 30 heavy (non-hydrogen) atoms. The van der Waals surface area contributed by atoms with E-state index in [1.54, 1.807) is 0 Å². The summed E-state index contributed by atoms with van der Waals surface area (Å²) in [5.74, 6) is 1.14. The number of hydrogen-bond acceptors (Lipinski definition) is 4. The van der Waals surface area contributed by atoms with Crippen LogP contribution in [0.15, 0.2) is 17.1 Å². The zero-order valence-corrected chi connectivity index (χ0v) is 20.0. The van der Waals surface area contributed by atoms with Gasteiger partial charge in [-0.1, -0.05) is 59.9 Å². The van der Waals surface area contributed by atoms with Crippen molar-refractivity contribution in [1.29, 1.82) is 0 Å². The van der Waals surface area contributed by atoms with E-state index in [0.29, 0.717) is 11.8 Å². The smallest absolute Gasteiger partial charge is 0.128 e. The van der Waals surface area contributed by atoms with Crippen LogP contribution in [-0.2, 0) is 12.0 Å². The van der Waals surface area contributed by atoms with E-state index in [2.05, 4.69) is 56.6 Å². The average molecular weight is 414 g/mol. The van der Waals surface area contributed by atoms with Gasteiger partial charge in [0.15, 0.2) is 0 Å². The molecule has 2 aliphatic rings. The molecule has 0 aromatic heterocycles. The van der Waals surface area contributed by atoms with Crippen molar-refractivity contribution in [3.05, 3.63) is 28.8 Å². The molecule has 0 unspecified atom stereocenters. The molecule has 0 bridgehead atoms. The van der Waals surface area contributed by atoms with E-state index in [4.69, 9.17) is 4.99 Å². The Morgan fingerprint density at radius 2 is 1.67 bits per heavy atom. The summed E-state index contributed by atoms with van der Waals surface area (Å²) in [5.41, 5.74) is 3.26. The summed E-state index contributed by atoms with van der Waals surface area (Å²) in [6.45, 7) is 17.7. The molecule has 0 amide bonds. The molecular formula is C26H43N3O. The summed E-state index contributed by atoms with van der Waals surface area (Å²) in [4.78, 5) is 9.91. The van der Waals surface area contributed by atoms with Crippen LogP contribution in [0, 0.1) is 5.92 Å². The number of aliphatic imine (C=N–C) groups is 1. The van der Waals surface area contributed by atoms with E-state index in [-0.39, 0.29) is 5.41 Å². The number of benzene rings is 1. The van der Waals surface area contributed by atoms with Gasteiger partial charge < -0.3 is 10.0 Å². The molecule has 0 radical (unpaired) electrons. The SMILES string of the molecule is CC(C)CN1CCN(Cc2cc(C(C)(C)C)cc(/C=N/C3CCCCC3)c2O)CC1. The Balaban J connectivity index is 1.75. The van der Waals surface area contributed by atoms with Gasteiger partial charge in [-0.2, -0.15) is 0 Å². The fraction of sp³-hybridized carbons (Fsp3) is 0.731. The number of hydrogen-bond donors (Lipinski definition) is 1. The first-order valence-electron chi connectivity index (χ1n) is 12.1. The van der Waals surface area contributed by atoms with Crippen LogP contribution >= 0.6 is 0 Å². The van der Waals surface area contributed by atoms with E-state index < -0.39 is 0 Å². The first-order valence-corrected chi connectivity index (χ1v) is 12.1. The molecule has 1 N–H and O–H groups in total. The standard InChI is InChI=1S/C26H43N3O/c1-20(2)18-28-11-13-29(14-12-28)19-22-16-23(26(3,4)5)15-21(25(22)30)17-27-24-9-7-6-8-10-24/h15-17,20,24,30H,6-14,18-19H2,1-5H3/b27-17+. The third kappa shape index (κ3) is 6.55. The number of aromatic hydroxyl groups is 1. The van der Waals surface area contributed by atoms with Crippen LogP contribution < -0.4 is 0 Å². The lowest BCUT2D eigenvalue weighted by Gasteiger charge is -2.36. The number of phenolic OH excluding ortho intramolecular Hbond substituents is 1. The van der Waals surface area contributed by atoms with Gasteiger partial charge >= 0.3 is 0 Å². The van der Waals surface area contributed by atoms with Gasteiger partial charge in [-0.25, -0.2) is 0 Å². The van der Waals surface area contributed by atoms with Crippen molar-refractivity contribution >= 4 is 6.21 Å².